The van der Waals surface area contributed by atoms with Crippen molar-refractivity contribution in [3.05, 3.63) is 36.0 Å². The fourth-order valence-corrected chi connectivity index (χ4v) is 3.05. The van der Waals surface area contributed by atoms with E-state index in [0.717, 1.165) is 48.1 Å². The Morgan fingerprint density at radius 2 is 2.24 bits per heavy atom. The van der Waals surface area contributed by atoms with Crippen LogP contribution in [0.1, 0.15) is 25.5 Å². The van der Waals surface area contributed by atoms with Gasteiger partial charge in [0.15, 0.2) is 0 Å². The third-order valence-electron chi connectivity index (χ3n) is 4.22. The van der Waals surface area contributed by atoms with Crippen molar-refractivity contribution in [3.63, 3.8) is 0 Å². The van der Waals surface area contributed by atoms with Gasteiger partial charge in [-0.15, -0.1) is 0 Å². The van der Waals surface area contributed by atoms with Crippen LogP contribution in [0.2, 0.25) is 0 Å². The zero-order valence-corrected chi connectivity index (χ0v) is 12.2. The number of pyridine rings is 1. The molecule has 0 spiro atoms. The average molecular weight is 284 g/mol. The number of piperidine rings is 1. The molecule has 1 N–H and O–H groups in total. The van der Waals surface area contributed by atoms with E-state index in [9.17, 15) is 9.90 Å². The number of para-hydroxylation sites is 1. The molecule has 1 saturated heterocycles. The monoisotopic (exact) mass is 284 g/mol. The van der Waals surface area contributed by atoms with Gasteiger partial charge < -0.3 is 10.0 Å². The number of hydrogen-bond acceptors (Lipinski definition) is 3. The van der Waals surface area contributed by atoms with Crippen molar-refractivity contribution >= 4 is 22.6 Å². The van der Waals surface area contributed by atoms with Crippen LogP contribution in [-0.4, -0.2) is 29.1 Å². The van der Waals surface area contributed by atoms with Gasteiger partial charge in [0.2, 0.25) is 0 Å². The molecule has 0 amide bonds. The van der Waals surface area contributed by atoms with E-state index >= 15 is 0 Å². The Labute approximate surface area is 124 Å². The largest absolute Gasteiger partial charge is 0.481 e. The highest BCUT2D eigenvalue weighted by Crippen LogP contribution is 2.30. The van der Waals surface area contributed by atoms with Gasteiger partial charge in [-0.2, -0.15) is 0 Å². The van der Waals surface area contributed by atoms with Gasteiger partial charge in [-0.3, -0.25) is 9.78 Å². The number of carboxylic acids is 1. The number of anilines is 1. The summed E-state index contributed by atoms with van der Waals surface area (Å²) in [5, 5.41) is 10.4. The molecule has 1 fully saturated rings. The summed E-state index contributed by atoms with van der Waals surface area (Å²) < 4.78 is 0. The minimum absolute atomic E-state index is 0.268. The topological polar surface area (TPSA) is 53.4 Å². The van der Waals surface area contributed by atoms with Crippen LogP contribution in [-0.2, 0) is 11.2 Å². The zero-order valence-electron chi connectivity index (χ0n) is 12.2. The summed E-state index contributed by atoms with van der Waals surface area (Å²) in [7, 11) is 0. The van der Waals surface area contributed by atoms with E-state index in [1.165, 1.54) is 0 Å². The molecule has 110 valence electrons. The third-order valence-corrected chi connectivity index (χ3v) is 4.22. The van der Waals surface area contributed by atoms with Gasteiger partial charge in [0.1, 0.15) is 0 Å². The molecule has 1 aliphatic rings. The summed E-state index contributed by atoms with van der Waals surface area (Å²) >= 11 is 0. The summed E-state index contributed by atoms with van der Waals surface area (Å²) in [6, 6.07) is 10.2. The first-order valence-electron chi connectivity index (χ1n) is 7.55. The molecular weight excluding hydrogens is 264 g/mol. The molecule has 0 saturated carbocycles. The van der Waals surface area contributed by atoms with Crippen molar-refractivity contribution in [2.45, 2.75) is 26.2 Å². The molecule has 1 unspecified atom stereocenters. The highest BCUT2D eigenvalue weighted by molar-refractivity contribution is 5.92. The second-order valence-electron chi connectivity index (χ2n) is 5.63. The molecule has 1 aromatic heterocycles. The summed E-state index contributed by atoms with van der Waals surface area (Å²) in [4.78, 5) is 18.2. The van der Waals surface area contributed by atoms with Crippen LogP contribution in [0.3, 0.4) is 0 Å². The molecule has 1 aliphatic heterocycles. The Hall–Kier alpha value is -2.10. The molecule has 2 aromatic rings. The normalized spacial score (nSPS) is 18.9. The van der Waals surface area contributed by atoms with Gasteiger partial charge in [0.05, 0.1) is 11.4 Å². The molecule has 0 aliphatic carbocycles. The highest BCUT2D eigenvalue weighted by atomic mass is 16.4. The van der Waals surface area contributed by atoms with Gasteiger partial charge in [-0.05, 0) is 31.4 Å². The van der Waals surface area contributed by atoms with E-state index in [1.54, 1.807) is 0 Å². The van der Waals surface area contributed by atoms with Crippen molar-refractivity contribution in [1.82, 2.24) is 4.98 Å². The van der Waals surface area contributed by atoms with E-state index in [0.29, 0.717) is 6.54 Å². The lowest BCUT2D eigenvalue weighted by molar-refractivity contribution is -0.141. The molecule has 0 radical (unpaired) electrons. The molecule has 21 heavy (non-hydrogen) atoms. The Bertz CT molecular complexity index is 669. The van der Waals surface area contributed by atoms with Crippen LogP contribution in [0, 0.1) is 5.92 Å². The summed E-state index contributed by atoms with van der Waals surface area (Å²) in [5.74, 6) is -0.954. The van der Waals surface area contributed by atoms with E-state index in [-0.39, 0.29) is 5.92 Å². The number of benzene rings is 1. The summed E-state index contributed by atoms with van der Waals surface area (Å²) in [6.07, 6.45) is 2.58. The molecule has 2 heterocycles. The molecule has 0 bridgehead atoms. The number of fused-ring (bicyclic) bond motifs is 1. The predicted molar refractivity (Wildman–Crippen MR) is 83.7 cm³/mol. The smallest absolute Gasteiger partial charge is 0.308 e. The average Bonchev–Trinajstić information content (AvgIpc) is 2.53. The van der Waals surface area contributed by atoms with Gasteiger partial charge in [0, 0.05) is 29.9 Å². The SMILES string of the molecule is CCc1cc(N2CCCC(C(=O)O)C2)c2ccccc2n1. The number of aryl methyl sites for hydroxylation is 1. The number of nitrogens with zero attached hydrogens (tertiary/aromatic N) is 2. The second-order valence-corrected chi connectivity index (χ2v) is 5.63. The van der Waals surface area contributed by atoms with Gasteiger partial charge >= 0.3 is 5.97 Å². The number of carbonyl (C=O) groups is 1. The highest BCUT2D eigenvalue weighted by Gasteiger charge is 2.26. The minimum Gasteiger partial charge on any atom is -0.481 e. The maximum absolute atomic E-state index is 11.3. The van der Waals surface area contributed by atoms with E-state index in [4.69, 9.17) is 0 Å². The Balaban J connectivity index is 2.04. The first-order chi connectivity index (χ1) is 10.2. The first kappa shape index (κ1) is 13.9. The predicted octanol–water partition coefficient (Wildman–Crippen LogP) is 3.10. The van der Waals surface area contributed by atoms with E-state index in [1.807, 2.05) is 18.2 Å². The lowest BCUT2D eigenvalue weighted by Crippen LogP contribution is -2.38. The fraction of sp³-hybridized carbons (Fsp3) is 0.412. The molecule has 1 aromatic carbocycles. The number of hydrogen-bond donors (Lipinski definition) is 1. The number of aromatic nitrogens is 1. The first-order valence-corrected chi connectivity index (χ1v) is 7.55. The Kier molecular flexibility index (Phi) is 3.78. The standard InChI is InChI=1S/C17H20N2O2/c1-2-13-10-16(14-7-3-4-8-15(14)18-13)19-9-5-6-12(11-19)17(20)21/h3-4,7-8,10,12H,2,5-6,9,11H2,1H3,(H,20,21). The van der Waals surface area contributed by atoms with Crippen molar-refractivity contribution in [3.8, 4) is 0 Å². The Morgan fingerprint density at radius 3 is 3.00 bits per heavy atom. The van der Waals surface area contributed by atoms with E-state index < -0.39 is 5.97 Å². The van der Waals surface area contributed by atoms with Gasteiger partial charge in [0.25, 0.3) is 0 Å². The maximum atomic E-state index is 11.3. The second kappa shape index (κ2) is 5.72. The number of carboxylic acid groups (broad SMARTS) is 1. The van der Waals surface area contributed by atoms with Crippen molar-refractivity contribution in [2.75, 3.05) is 18.0 Å². The molecule has 3 rings (SSSR count). The lowest BCUT2D eigenvalue weighted by atomic mass is 9.97. The lowest BCUT2D eigenvalue weighted by Gasteiger charge is -2.33. The van der Waals surface area contributed by atoms with Crippen molar-refractivity contribution in [1.29, 1.82) is 0 Å². The van der Waals surface area contributed by atoms with Crippen molar-refractivity contribution < 1.29 is 9.90 Å². The summed E-state index contributed by atoms with van der Waals surface area (Å²) in [5.41, 5.74) is 3.17. The number of aliphatic carboxylic acids is 1. The molecule has 4 heteroatoms. The van der Waals surface area contributed by atoms with Crippen LogP contribution >= 0.6 is 0 Å². The van der Waals surface area contributed by atoms with Gasteiger partial charge in [-0.25, -0.2) is 0 Å². The van der Waals surface area contributed by atoms with Crippen LogP contribution in [0.25, 0.3) is 10.9 Å². The van der Waals surface area contributed by atoms with Crippen LogP contribution in [0.5, 0.6) is 0 Å². The van der Waals surface area contributed by atoms with Gasteiger partial charge in [-0.1, -0.05) is 25.1 Å². The number of rotatable bonds is 3. The maximum Gasteiger partial charge on any atom is 0.308 e. The Morgan fingerprint density at radius 1 is 1.43 bits per heavy atom. The van der Waals surface area contributed by atoms with E-state index in [2.05, 4.69) is 28.9 Å². The third kappa shape index (κ3) is 2.71. The summed E-state index contributed by atoms with van der Waals surface area (Å²) in [6.45, 7) is 3.60. The fourth-order valence-electron chi connectivity index (χ4n) is 3.05. The molecular formula is C17H20N2O2. The van der Waals surface area contributed by atoms with Crippen LogP contribution < -0.4 is 4.90 Å². The quantitative estimate of drug-likeness (QED) is 0.941. The van der Waals surface area contributed by atoms with Crippen LogP contribution in [0.4, 0.5) is 5.69 Å². The van der Waals surface area contributed by atoms with Crippen molar-refractivity contribution in [2.24, 2.45) is 5.92 Å². The minimum atomic E-state index is -0.686. The molecule has 1 atom stereocenters. The zero-order chi connectivity index (χ0) is 14.8. The van der Waals surface area contributed by atoms with Crippen LogP contribution in [0.15, 0.2) is 30.3 Å². The molecule has 4 nitrogen and oxygen atoms in total.